The van der Waals surface area contributed by atoms with E-state index in [1.807, 2.05) is 36.4 Å². The van der Waals surface area contributed by atoms with Gasteiger partial charge in [-0.25, -0.2) is 12.4 Å². The van der Waals surface area contributed by atoms with Crippen LogP contribution >= 0.6 is 15.9 Å². The van der Waals surface area contributed by atoms with Crippen LogP contribution in [0, 0.1) is 0 Å². The van der Waals surface area contributed by atoms with Gasteiger partial charge in [0.05, 0.1) is 10.4 Å². The highest BCUT2D eigenvalue weighted by Gasteiger charge is 2.23. The van der Waals surface area contributed by atoms with Gasteiger partial charge in [0.2, 0.25) is 0 Å². The molecule has 0 aliphatic rings. The lowest BCUT2D eigenvalue weighted by Crippen LogP contribution is -2.16. The number of rotatable bonds is 4. The van der Waals surface area contributed by atoms with Crippen LogP contribution in [0.4, 0.5) is 0 Å². The van der Waals surface area contributed by atoms with Gasteiger partial charge >= 0.3 is 0 Å². The summed E-state index contributed by atoms with van der Waals surface area (Å²) in [7, 11) is -3.71. The summed E-state index contributed by atoms with van der Waals surface area (Å²) in [5.41, 5.74) is 2.32. The summed E-state index contributed by atoms with van der Waals surface area (Å²) < 4.78 is 29.0. The quantitative estimate of drug-likeness (QED) is 0.477. The van der Waals surface area contributed by atoms with E-state index in [4.69, 9.17) is 0 Å². The maximum absolute atomic E-state index is 13.4. The van der Waals surface area contributed by atoms with Gasteiger partial charge in [-0.15, -0.1) is 0 Å². The van der Waals surface area contributed by atoms with Crippen LogP contribution in [-0.4, -0.2) is 17.4 Å². The van der Waals surface area contributed by atoms with Crippen molar-refractivity contribution in [1.29, 1.82) is 0 Å². The minimum atomic E-state index is -3.71. The van der Waals surface area contributed by atoms with Crippen molar-refractivity contribution >= 4 is 36.9 Å². The van der Waals surface area contributed by atoms with Crippen molar-refractivity contribution in [3.63, 3.8) is 0 Å². The predicted molar refractivity (Wildman–Crippen MR) is 106 cm³/mol. The lowest BCUT2D eigenvalue weighted by Gasteiger charge is -2.12. The molecule has 26 heavy (non-hydrogen) atoms. The monoisotopic (exact) mass is 426 g/mol. The third-order valence-corrected chi connectivity index (χ3v) is 6.46. The Bertz CT molecular complexity index is 1170. The Morgan fingerprint density at radius 3 is 2.50 bits per heavy atom. The maximum Gasteiger partial charge on any atom is 0.268 e. The molecule has 0 bridgehead atoms. The van der Waals surface area contributed by atoms with Crippen molar-refractivity contribution in [3.05, 3.63) is 94.9 Å². The Morgan fingerprint density at radius 1 is 0.962 bits per heavy atom. The smallest absolute Gasteiger partial charge is 0.264 e. The van der Waals surface area contributed by atoms with Gasteiger partial charge in [0.1, 0.15) is 0 Å². The highest BCUT2D eigenvalue weighted by Crippen LogP contribution is 2.29. The normalized spacial score (nSPS) is 11.7. The molecule has 4 rings (SSSR count). The van der Waals surface area contributed by atoms with Crippen molar-refractivity contribution in [2.45, 2.75) is 11.3 Å². The molecule has 4 nitrogen and oxygen atoms in total. The molecule has 0 amide bonds. The minimum absolute atomic E-state index is 0.268. The first kappa shape index (κ1) is 17.0. The van der Waals surface area contributed by atoms with E-state index in [0.717, 1.165) is 15.4 Å². The zero-order valence-electron chi connectivity index (χ0n) is 13.7. The molecule has 0 spiro atoms. The number of nitrogens with zero attached hydrogens (tertiary/aromatic N) is 2. The van der Waals surface area contributed by atoms with E-state index in [2.05, 4.69) is 20.9 Å². The molecule has 6 heteroatoms. The third-order valence-electron chi connectivity index (χ3n) is 4.18. The van der Waals surface area contributed by atoms with Crippen molar-refractivity contribution in [2.24, 2.45) is 0 Å². The molecule has 0 radical (unpaired) electrons. The van der Waals surface area contributed by atoms with Gasteiger partial charge in [-0.05, 0) is 42.0 Å². The zero-order chi connectivity index (χ0) is 18.1. The van der Waals surface area contributed by atoms with Crippen molar-refractivity contribution in [1.82, 2.24) is 8.96 Å². The Labute approximate surface area is 160 Å². The number of hydrogen-bond donors (Lipinski definition) is 0. The molecular formula is C20H15BrN2O2S. The topological polar surface area (TPSA) is 52.0 Å². The van der Waals surface area contributed by atoms with Crippen molar-refractivity contribution < 1.29 is 8.42 Å². The van der Waals surface area contributed by atoms with Crippen LogP contribution in [0.1, 0.15) is 11.3 Å². The fraction of sp³-hybridized carbons (Fsp3) is 0.0500. The van der Waals surface area contributed by atoms with Gasteiger partial charge in [0, 0.05) is 34.4 Å². The van der Waals surface area contributed by atoms with Crippen LogP contribution < -0.4 is 0 Å². The van der Waals surface area contributed by atoms with Gasteiger partial charge in [0.25, 0.3) is 10.0 Å². The van der Waals surface area contributed by atoms with E-state index in [9.17, 15) is 8.42 Å². The number of aromatic nitrogens is 2. The van der Waals surface area contributed by atoms with Crippen LogP contribution in [-0.2, 0) is 16.4 Å². The average molecular weight is 427 g/mol. The molecule has 2 aromatic carbocycles. The second kappa shape index (κ2) is 6.70. The Balaban J connectivity index is 1.97. The second-order valence-electron chi connectivity index (χ2n) is 5.96. The van der Waals surface area contributed by atoms with Crippen LogP contribution in [0.2, 0.25) is 0 Å². The molecular weight excluding hydrogens is 412 g/mol. The van der Waals surface area contributed by atoms with Gasteiger partial charge in [-0.2, -0.15) is 0 Å². The molecule has 0 atom stereocenters. The summed E-state index contributed by atoms with van der Waals surface area (Å²) in [5.74, 6) is 0. The maximum atomic E-state index is 13.4. The fourth-order valence-electron chi connectivity index (χ4n) is 3.02. The Hall–Kier alpha value is -2.44. The summed E-state index contributed by atoms with van der Waals surface area (Å²) >= 11 is 3.45. The molecule has 2 aromatic heterocycles. The van der Waals surface area contributed by atoms with Crippen LogP contribution in [0.25, 0.3) is 10.9 Å². The Morgan fingerprint density at radius 2 is 1.77 bits per heavy atom. The standard InChI is InChI=1S/C20H15BrN2O2S/c21-17-9-8-16-12-18(11-15-5-4-10-22-14-15)23(20(16)13-17)26(24,25)19-6-2-1-3-7-19/h1-10,12-14H,11H2. The highest BCUT2D eigenvalue weighted by molar-refractivity contribution is 9.10. The zero-order valence-corrected chi connectivity index (χ0v) is 16.1. The van der Waals surface area contributed by atoms with E-state index in [1.54, 1.807) is 42.7 Å². The molecule has 0 aliphatic carbocycles. The van der Waals surface area contributed by atoms with E-state index < -0.39 is 10.0 Å². The number of halogens is 1. The van der Waals surface area contributed by atoms with Crippen LogP contribution in [0.15, 0.2) is 88.5 Å². The number of fused-ring (bicyclic) bond motifs is 1. The van der Waals surface area contributed by atoms with Crippen molar-refractivity contribution in [2.75, 3.05) is 0 Å². The first-order valence-electron chi connectivity index (χ1n) is 8.05. The molecule has 0 aliphatic heterocycles. The number of benzene rings is 2. The SMILES string of the molecule is O=S(=O)(c1ccccc1)n1c(Cc2cccnc2)cc2ccc(Br)cc21. The summed E-state index contributed by atoms with van der Waals surface area (Å²) in [6.07, 6.45) is 3.94. The largest absolute Gasteiger partial charge is 0.268 e. The van der Waals surface area contributed by atoms with E-state index in [-0.39, 0.29) is 4.90 Å². The fourth-order valence-corrected chi connectivity index (χ4v) is 4.93. The summed E-state index contributed by atoms with van der Waals surface area (Å²) in [6, 6.07) is 19.9. The van der Waals surface area contributed by atoms with Gasteiger partial charge in [-0.3, -0.25) is 4.98 Å². The van der Waals surface area contributed by atoms with Gasteiger partial charge in [-0.1, -0.05) is 46.3 Å². The molecule has 0 saturated carbocycles. The predicted octanol–water partition coefficient (Wildman–Crippen LogP) is 4.63. The lowest BCUT2D eigenvalue weighted by molar-refractivity contribution is 0.587. The highest BCUT2D eigenvalue weighted by atomic mass is 79.9. The van der Waals surface area contributed by atoms with E-state index >= 15 is 0 Å². The first-order valence-corrected chi connectivity index (χ1v) is 10.3. The molecule has 4 aromatic rings. The summed E-state index contributed by atoms with van der Waals surface area (Å²) in [6.45, 7) is 0. The van der Waals surface area contributed by atoms with Crippen LogP contribution in [0.5, 0.6) is 0 Å². The first-order chi connectivity index (χ1) is 12.6. The molecule has 0 fully saturated rings. The average Bonchev–Trinajstić information content (AvgIpc) is 3.01. The number of pyridine rings is 1. The number of hydrogen-bond acceptors (Lipinski definition) is 3. The molecule has 0 N–H and O–H groups in total. The lowest BCUT2D eigenvalue weighted by atomic mass is 10.1. The van der Waals surface area contributed by atoms with Crippen molar-refractivity contribution in [3.8, 4) is 0 Å². The molecule has 0 saturated heterocycles. The second-order valence-corrected chi connectivity index (χ2v) is 8.66. The Kier molecular flexibility index (Phi) is 4.38. The molecule has 130 valence electrons. The summed E-state index contributed by atoms with van der Waals surface area (Å²) in [5, 5.41) is 0.881. The molecule has 2 heterocycles. The van der Waals surface area contributed by atoms with Crippen LogP contribution in [0.3, 0.4) is 0 Å². The molecule has 0 unspecified atom stereocenters. The van der Waals surface area contributed by atoms with E-state index in [0.29, 0.717) is 17.6 Å². The van der Waals surface area contributed by atoms with E-state index in [1.165, 1.54) is 3.97 Å². The third kappa shape index (κ3) is 3.06. The summed E-state index contributed by atoms with van der Waals surface area (Å²) in [4.78, 5) is 4.40. The minimum Gasteiger partial charge on any atom is -0.264 e. The van der Waals surface area contributed by atoms with Gasteiger partial charge in [0.15, 0.2) is 0 Å². The van der Waals surface area contributed by atoms with Gasteiger partial charge < -0.3 is 0 Å².